The molecular formula is C9H15KO9. The van der Waals surface area contributed by atoms with Gasteiger partial charge in [0.15, 0.2) is 6.29 Å². The van der Waals surface area contributed by atoms with E-state index in [-0.39, 0.29) is 51.4 Å². The Morgan fingerprint density at radius 2 is 1.79 bits per heavy atom. The molecule has 6 atom stereocenters. The fourth-order valence-electron chi connectivity index (χ4n) is 1.51. The molecule has 19 heavy (non-hydrogen) atoms. The molecule has 0 bridgehead atoms. The normalized spacial score (nSPS) is 36.4. The number of carbonyl (C=O) groups excluding carboxylic acids is 1. The van der Waals surface area contributed by atoms with Crippen LogP contribution in [0.5, 0.6) is 0 Å². The molecule has 1 aliphatic heterocycles. The summed E-state index contributed by atoms with van der Waals surface area (Å²) in [5, 5.41) is 56.4. The van der Waals surface area contributed by atoms with Crippen molar-refractivity contribution in [3.8, 4) is 0 Å². The molecule has 1 saturated heterocycles. The molecule has 5 N–H and O–H groups in total. The molecule has 0 aromatic rings. The Morgan fingerprint density at radius 3 is 2.21 bits per heavy atom. The van der Waals surface area contributed by atoms with E-state index in [2.05, 4.69) is 0 Å². The fraction of sp³-hybridized carbons (Fsp3) is 0.889. The number of carboxylic acids is 1. The number of carboxylic acid groups (broad SMARTS) is 1. The molecule has 0 aliphatic carbocycles. The van der Waals surface area contributed by atoms with Gasteiger partial charge in [-0.2, -0.15) is 0 Å². The first-order valence-electron chi connectivity index (χ1n) is 5.20. The van der Waals surface area contributed by atoms with E-state index in [4.69, 9.17) is 19.7 Å². The van der Waals surface area contributed by atoms with Crippen molar-refractivity contribution in [2.75, 3.05) is 13.2 Å². The summed E-state index contributed by atoms with van der Waals surface area (Å²) in [6.07, 6.45) is -9.56. The Kier molecular flexibility index (Phi) is 9.36. The van der Waals surface area contributed by atoms with Crippen molar-refractivity contribution in [2.24, 2.45) is 0 Å². The van der Waals surface area contributed by atoms with Crippen molar-refractivity contribution in [1.82, 2.24) is 0 Å². The first kappa shape index (κ1) is 19.8. The van der Waals surface area contributed by atoms with Gasteiger partial charge < -0.3 is 44.9 Å². The zero-order valence-corrected chi connectivity index (χ0v) is 13.4. The Balaban J connectivity index is 0.00000324. The molecule has 0 saturated carbocycles. The summed E-state index contributed by atoms with van der Waals surface area (Å²) in [4.78, 5) is 10.5. The third kappa shape index (κ3) is 4.95. The summed E-state index contributed by atoms with van der Waals surface area (Å²) in [5.74, 6) is -1.73. The van der Waals surface area contributed by atoms with E-state index >= 15 is 0 Å². The summed E-state index contributed by atoms with van der Waals surface area (Å²) in [7, 11) is 0. The van der Waals surface area contributed by atoms with Gasteiger partial charge in [-0.3, -0.25) is 0 Å². The van der Waals surface area contributed by atoms with Gasteiger partial charge in [0, 0.05) is 0 Å². The quantitative estimate of drug-likeness (QED) is 0.311. The number of carbonyl (C=O) groups is 1. The Bertz CT molecular complexity index is 287. The van der Waals surface area contributed by atoms with Crippen molar-refractivity contribution in [1.29, 1.82) is 0 Å². The molecule has 0 unspecified atom stereocenters. The van der Waals surface area contributed by atoms with Crippen LogP contribution in [0.15, 0.2) is 0 Å². The molecule has 10 heteroatoms. The standard InChI is InChI=1S/C9H16O9.K/c10-1-3-5(12)6(13)7(14)9(17-3)18-4(2-11)8(15)16;/h3-7,9-14H,1-2H2,(H,15,16);/q;+1/p-1/t3-,4-,5-,6+,7-,9-;/m1./s1. The zero-order chi connectivity index (χ0) is 13.9. The van der Waals surface area contributed by atoms with Crippen LogP contribution in [0.25, 0.3) is 0 Å². The molecule has 1 heterocycles. The van der Waals surface area contributed by atoms with E-state index < -0.39 is 56.0 Å². The number of hydrogen-bond acceptors (Lipinski definition) is 9. The molecule has 1 fully saturated rings. The first-order chi connectivity index (χ1) is 8.42. The van der Waals surface area contributed by atoms with Crippen molar-refractivity contribution in [3.05, 3.63) is 0 Å². The maximum Gasteiger partial charge on any atom is 1.00 e. The van der Waals surface area contributed by atoms with E-state index in [1.807, 2.05) is 0 Å². The number of aliphatic hydroxyl groups is 5. The molecular weight excluding hydrogens is 291 g/mol. The van der Waals surface area contributed by atoms with Gasteiger partial charge in [-0.15, -0.1) is 0 Å². The molecule has 1 aliphatic rings. The molecule has 1 rings (SSSR count). The second kappa shape index (κ2) is 8.97. The average molecular weight is 306 g/mol. The SMILES string of the molecule is O=C([O-])[C@@H](CO)O[C@H]1O[C@H](CO)[C@@H](O)[C@H](O)[C@H]1O.[K+]. The van der Waals surface area contributed by atoms with Gasteiger partial charge in [0.05, 0.1) is 19.2 Å². The number of rotatable bonds is 5. The van der Waals surface area contributed by atoms with E-state index in [1.54, 1.807) is 0 Å². The van der Waals surface area contributed by atoms with Crippen molar-refractivity contribution < 1.29 is 96.3 Å². The molecule has 0 radical (unpaired) electrons. The van der Waals surface area contributed by atoms with Crippen LogP contribution in [0, 0.1) is 0 Å². The van der Waals surface area contributed by atoms with Gasteiger partial charge >= 0.3 is 51.4 Å². The van der Waals surface area contributed by atoms with Crippen molar-refractivity contribution in [3.63, 3.8) is 0 Å². The Morgan fingerprint density at radius 1 is 1.21 bits per heavy atom. The van der Waals surface area contributed by atoms with Crippen LogP contribution in [0.2, 0.25) is 0 Å². The number of ether oxygens (including phenoxy) is 2. The van der Waals surface area contributed by atoms with Crippen LogP contribution < -0.4 is 56.5 Å². The topological polar surface area (TPSA) is 160 Å². The summed E-state index contributed by atoms with van der Waals surface area (Å²) in [6, 6.07) is 0. The average Bonchev–Trinajstić information content (AvgIpc) is 2.35. The van der Waals surface area contributed by atoms with Gasteiger partial charge in [0.25, 0.3) is 0 Å². The van der Waals surface area contributed by atoms with Gasteiger partial charge in [-0.05, 0) is 0 Å². The molecule has 0 aromatic carbocycles. The van der Waals surface area contributed by atoms with Crippen molar-refractivity contribution >= 4 is 5.97 Å². The fourth-order valence-corrected chi connectivity index (χ4v) is 1.51. The van der Waals surface area contributed by atoms with Crippen LogP contribution >= 0.6 is 0 Å². The van der Waals surface area contributed by atoms with E-state index in [1.165, 1.54) is 0 Å². The third-order valence-corrected chi connectivity index (χ3v) is 2.58. The number of aliphatic carboxylic acids is 1. The second-order valence-corrected chi connectivity index (χ2v) is 3.82. The Hall–Kier alpha value is 0.826. The largest absolute Gasteiger partial charge is 1.00 e. The Labute approximate surface area is 151 Å². The van der Waals surface area contributed by atoms with E-state index in [0.29, 0.717) is 0 Å². The molecule has 106 valence electrons. The number of aliphatic hydroxyl groups excluding tert-OH is 5. The third-order valence-electron chi connectivity index (χ3n) is 2.58. The number of hydrogen-bond donors (Lipinski definition) is 5. The van der Waals surface area contributed by atoms with Crippen LogP contribution in [0.4, 0.5) is 0 Å². The smallest absolute Gasteiger partial charge is 0.547 e. The van der Waals surface area contributed by atoms with Crippen LogP contribution in [-0.2, 0) is 14.3 Å². The second-order valence-electron chi connectivity index (χ2n) is 3.82. The summed E-state index contributed by atoms with van der Waals surface area (Å²) >= 11 is 0. The summed E-state index contributed by atoms with van der Waals surface area (Å²) in [5.41, 5.74) is 0. The first-order valence-corrected chi connectivity index (χ1v) is 5.20. The minimum Gasteiger partial charge on any atom is -0.547 e. The minimum atomic E-state index is -1.76. The van der Waals surface area contributed by atoms with Gasteiger partial charge in [-0.25, -0.2) is 0 Å². The zero-order valence-electron chi connectivity index (χ0n) is 10.2. The molecule has 0 spiro atoms. The van der Waals surface area contributed by atoms with E-state index in [0.717, 1.165) is 0 Å². The van der Waals surface area contributed by atoms with Crippen LogP contribution in [0.1, 0.15) is 0 Å². The molecule has 0 aromatic heterocycles. The predicted molar refractivity (Wildman–Crippen MR) is 50.7 cm³/mol. The summed E-state index contributed by atoms with van der Waals surface area (Å²) < 4.78 is 9.58. The van der Waals surface area contributed by atoms with Crippen molar-refractivity contribution in [2.45, 2.75) is 36.8 Å². The van der Waals surface area contributed by atoms with Gasteiger partial charge in [0.1, 0.15) is 30.5 Å². The van der Waals surface area contributed by atoms with E-state index in [9.17, 15) is 25.2 Å². The molecule has 9 nitrogen and oxygen atoms in total. The minimum absolute atomic E-state index is 0. The van der Waals surface area contributed by atoms with Crippen LogP contribution in [-0.4, -0.2) is 81.5 Å². The van der Waals surface area contributed by atoms with Gasteiger partial charge in [0.2, 0.25) is 0 Å². The maximum atomic E-state index is 10.5. The maximum absolute atomic E-state index is 10.5. The monoisotopic (exact) mass is 306 g/mol. The predicted octanol–water partition coefficient (Wildman–Crippen LogP) is -8.08. The van der Waals surface area contributed by atoms with Gasteiger partial charge in [-0.1, -0.05) is 0 Å². The van der Waals surface area contributed by atoms with Crippen LogP contribution in [0.3, 0.4) is 0 Å². The molecule has 0 amide bonds. The summed E-state index contributed by atoms with van der Waals surface area (Å²) in [6.45, 7) is -1.59.